The molecule has 0 aromatic rings. The first-order valence-electron chi connectivity index (χ1n) is 5.03. The van der Waals surface area contributed by atoms with E-state index in [2.05, 4.69) is 0 Å². The van der Waals surface area contributed by atoms with Crippen LogP contribution in [0.3, 0.4) is 0 Å². The fourth-order valence-electron chi connectivity index (χ4n) is 1.99. The largest absolute Gasteiger partial charge is 0.382 e. The van der Waals surface area contributed by atoms with E-state index in [1.807, 2.05) is 6.92 Å². The lowest BCUT2D eigenvalue weighted by Gasteiger charge is -2.42. The first kappa shape index (κ1) is 12.9. The molecule has 1 heterocycles. The molecule has 5 heteroatoms. The summed E-state index contributed by atoms with van der Waals surface area (Å²) in [5.41, 5.74) is 0. The van der Waals surface area contributed by atoms with Gasteiger partial charge in [-0.25, -0.2) is 0 Å². The van der Waals surface area contributed by atoms with E-state index in [1.165, 1.54) is 0 Å². The molecule has 0 spiro atoms. The summed E-state index contributed by atoms with van der Waals surface area (Å²) in [4.78, 5) is 0. The molecule has 5 unspecified atom stereocenters. The minimum Gasteiger partial charge on any atom is -0.382 e. The van der Waals surface area contributed by atoms with Crippen LogP contribution in [0, 0.1) is 5.92 Å². The molecule has 1 N–H and O–H groups in total. The number of rotatable bonds is 4. The van der Waals surface area contributed by atoms with E-state index in [0.29, 0.717) is 6.61 Å². The van der Waals surface area contributed by atoms with Gasteiger partial charge in [-0.3, -0.25) is 0 Å². The van der Waals surface area contributed by atoms with Gasteiger partial charge in [0.2, 0.25) is 0 Å². The number of aliphatic hydroxyl groups excluding tert-OH is 1. The quantitative estimate of drug-likeness (QED) is 0.723. The molecular formula is C10H20O5. The number of hydrogen-bond acceptors (Lipinski definition) is 5. The van der Waals surface area contributed by atoms with Crippen molar-refractivity contribution in [3.05, 3.63) is 0 Å². The highest BCUT2D eigenvalue weighted by Gasteiger charge is 2.43. The Hall–Kier alpha value is -0.200. The highest BCUT2D eigenvalue weighted by Crippen LogP contribution is 2.28. The lowest BCUT2D eigenvalue weighted by Crippen LogP contribution is -2.56. The van der Waals surface area contributed by atoms with Crippen molar-refractivity contribution in [3.8, 4) is 0 Å². The van der Waals surface area contributed by atoms with Crippen molar-refractivity contribution in [3.63, 3.8) is 0 Å². The van der Waals surface area contributed by atoms with Crippen molar-refractivity contribution in [1.29, 1.82) is 0 Å². The van der Waals surface area contributed by atoms with Gasteiger partial charge in [0.05, 0.1) is 12.7 Å². The third-order valence-electron chi connectivity index (χ3n) is 2.85. The van der Waals surface area contributed by atoms with E-state index in [-0.39, 0.29) is 24.2 Å². The molecule has 1 aliphatic heterocycles. The first-order valence-corrected chi connectivity index (χ1v) is 5.03. The van der Waals surface area contributed by atoms with Gasteiger partial charge >= 0.3 is 0 Å². The Labute approximate surface area is 90.3 Å². The number of aliphatic hydroxyl groups is 1. The maximum absolute atomic E-state index is 9.68. The molecule has 0 saturated carbocycles. The van der Waals surface area contributed by atoms with Crippen LogP contribution in [-0.2, 0) is 18.9 Å². The van der Waals surface area contributed by atoms with E-state index in [1.54, 1.807) is 21.3 Å². The van der Waals surface area contributed by atoms with Crippen LogP contribution >= 0.6 is 0 Å². The monoisotopic (exact) mass is 220 g/mol. The summed E-state index contributed by atoms with van der Waals surface area (Å²) in [5.74, 6) is -0.118. The summed E-state index contributed by atoms with van der Waals surface area (Å²) in [6.45, 7) is 2.25. The Bertz CT molecular complexity index is 187. The average Bonchev–Trinajstić information content (AvgIpc) is 2.23. The van der Waals surface area contributed by atoms with Gasteiger partial charge in [-0.15, -0.1) is 0 Å². The van der Waals surface area contributed by atoms with Gasteiger partial charge < -0.3 is 24.1 Å². The molecule has 1 rings (SSSR count). The summed E-state index contributed by atoms with van der Waals surface area (Å²) in [6, 6.07) is 0. The van der Waals surface area contributed by atoms with Crippen molar-refractivity contribution in [2.24, 2.45) is 5.92 Å². The van der Waals surface area contributed by atoms with Crippen LogP contribution in [0.1, 0.15) is 6.92 Å². The summed E-state index contributed by atoms with van der Waals surface area (Å²) in [6.07, 6.45) is -1.52. The molecule has 0 amide bonds. The highest BCUT2D eigenvalue weighted by molar-refractivity contribution is 4.88. The Morgan fingerprint density at radius 1 is 1.13 bits per heavy atom. The van der Waals surface area contributed by atoms with Gasteiger partial charge in [-0.1, -0.05) is 6.92 Å². The Morgan fingerprint density at radius 2 is 1.73 bits per heavy atom. The molecule has 0 aromatic carbocycles. The van der Waals surface area contributed by atoms with Crippen LogP contribution in [0.4, 0.5) is 0 Å². The zero-order valence-corrected chi connectivity index (χ0v) is 9.67. The summed E-state index contributed by atoms with van der Waals surface area (Å²) >= 11 is 0. The van der Waals surface area contributed by atoms with Crippen LogP contribution < -0.4 is 0 Å². The Morgan fingerprint density at radius 3 is 2.20 bits per heavy atom. The maximum Gasteiger partial charge on any atom is 0.160 e. The van der Waals surface area contributed by atoms with Crippen molar-refractivity contribution >= 4 is 0 Å². The Kier molecular flexibility index (Phi) is 4.95. The van der Waals surface area contributed by atoms with Crippen LogP contribution in [0.25, 0.3) is 0 Å². The minimum absolute atomic E-state index is 0.118. The van der Waals surface area contributed by atoms with E-state index < -0.39 is 6.29 Å². The van der Waals surface area contributed by atoms with E-state index >= 15 is 0 Å². The number of ether oxygens (including phenoxy) is 4. The lowest BCUT2D eigenvalue weighted by atomic mass is 9.92. The molecule has 5 atom stereocenters. The maximum atomic E-state index is 9.68. The molecular weight excluding hydrogens is 200 g/mol. The van der Waals surface area contributed by atoms with Gasteiger partial charge in [0, 0.05) is 27.2 Å². The fourth-order valence-corrected chi connectivity index (χ4v) is 1.99. The van der Waals surface area contributed by atoms with Crippen LogP contribution in [-0.4, -0.2) is 57.6 Å². The summed E-state index contributed by atoms with van der Waals surface area (Å²) in [7, 11) is 4.80. The normalized spacial score (nSPS) is 41.8. The third kappa shape index (κ3) is 2.68. The predicted molar refractivity (Wildman–Crippen MR) is 53.5 cm³/mol. The molecule has 0 bridgehead atoms. The fraction of sp³-hybridized carbons (Fsp3) is 1.00. The minimum atomic E-state index is -0.832. The van der Waals surface area contributed by atoms with Gasteiger partial charge in [0.25, 0.3) is 0 Å². The topological polar surface area (TPSA) is 57.2 Å². The zero-order chi connectivity index (χ0) is 11.4. The van der Waals surface area contributed by atoms with Gasteiger partial charge in [0.1, 0.15) is 12.2 Å². The molecule has 0 aliphatic carbocycles. The first-order chi connectivity index (χ1) is 7.15. The van der Waals surface area contributed by atoms with E-state index in [4.69, 9.17) is 18.9 Å². The third-order valence-corrected chi connectivity index (χ3v) is 2.85. The van der Waals surface area contributed by atoms with Gasteiger partial charge in [0.15, 0.2) is 6.29 Å². The molecule has 0 radical (unpaired) electrons. The summed E-state index contributed by atoms with van der Waals surface area (Å²) < 4.78 is 21.1. The Balaban J connectivity index is 2.73. The van der Waals surface area contributed by atoms with Crippen molar-refractivity contribution in [2.45, 2.75) is 31.5 Å². The predicted octanol–water partition coefficient (Wildman–Crippen LogP) is 0.0161. The van der Waals surface area contributed by atoms with Gasteiger partial charge in [-0.05, 0) is 0 Å². The van der Waals surface area contributed by atoms with Crippen molar-refractivity contribution < 1.29 is 24.1 Å². The number of hydrogen-bond donors (Lipinski definition) is 1. The molecule has 5 nitrogen and oxygen atoms in total. The second-order valence-corrected chi connectivity index (χ2v) is 3.78. The van der Waals surface area contributed by atoms with Crippen molar-refractivity contribution in [1.82, 2.24) is 0 Å². The SMILES string of the molecule is COCC1OC(O)C(C)C(OC)C1OC. The summed E-state index contributed by atoms with van der Waals surface area (Å²) in [5, 5.41) is 9.68. The highest BCUT2D eigenvalue weighted by atomic mass is 16.6. The number of methoxy groups -OCH3 is 3. The second kappa shape index (κ2) is 5.77. The van der Waals surface area contributed by atoms with E-state index in [0.717, 1.165) is 0 Å². The van der Waals surface area contributed by atoms with E-state index in [9.17, 15) is 5.11 Å². The van der Waals surface area contributed by atoms with Gasteiger partial charge in [-0.2, -0.15) is 0 Å². The molecule has 90 valence electrons. The van der Waals surface area contributed by atoms with Crippen molar-refractivity contribution in [2.75, 3.05) is 27.9 Å². The smallest absolute Gasteiger partial charge is 0.160 e. The second-order valence-electron chi connectivity index (χ2n) is 3.78. The van der Waals surface area contributed by atoms with Crippen LogP contribution in [0.2, 0.25) is 0 Å². The molecule has 1 saturated heterocycles. The molecule has 1 aliphatic rings. The molecule has 1 fully saturated rings. The standard InChI is InChI=1S/C10H20O5/c1-6-8(13-3)9(14-4)7(5-12-2)15-10(6)11/h6-11H,5H2,1-4H3. The van der Waals surface area contributed by atoms with Crippen LogP contribution in [0.15, 0.2) is 0 Å². The molecule has 15 heavy (non-hydrogen) atoms. The van der Waals surface area contributed by atoms with Crippen LogP contribution in [0.5, 0.6) is 0 Å². The zero-order valence-electron chi connectivity index (χ0n) is 9.67. The lowest BCUT2D eigenvalue weighted by molar-refractivity contribution is -0.276. The molecule has 0 aromatic heterocycles. The average molecular weight is 220 g/mol.